The molecule has 0 saturated carbocycles. The molecule has 0 fully saturated rings. The first-order valence-electron chi connectivity index (χ1n) is 8.20. The van der Waals surface area contributed by atoms with Gasteiger partial charge in [-0.3, -0.25) is 9.52 Å². The quantitative estimate of drug-likeness (QED) is 0.872. The zero-order chi connectivity index (χ0) is 18.4. The molecular formula is C19H22N2O3S. The molecule has 0 saturated heterocycles. The molecule has 2 N–H and O–H groups in total. The summed E-state index contributed by atoms with van der Waals surface area (Å²) in [4.78, 5) is 12.2. The van der Waals surface area contributed by atoms with E-state index in [4.69, 9.17) is 0 Å². The molecule has 132 valence electrons. The van der Waals surface area contributed by atoms with Gasteiger partial charge in [0.1, 0.15) is 0 Å². The molecule has 2 aromatic rings. The van der Waals surface area contributed by atoms with Crippen molar-refractivity contribution in [1.82, 2.24) is 0 Å². The zero-order valence-corrected chi connectivity index (χ0v) is 15.6. The van der Waals surface area contributed by atoms with E-state index in [1.807, 2.05) is 26.0 Å². The lowest BCUT2D eigenvalue weighted by atomic mass is 9.86. The van der Waals surface area contributed by atoms with Crippen molar-refractivity contribution in [2.24, 2.45) is 0 Å². The Morgan fingerprint density at radius 2 is 1.76 bits per heavy atom. The van der Waals surface area contributed by atoms with E-state index >= 15 is 0 Å². The number of carbonyl (C=O) groups is 1. The van der Waals surface area contributed by atoms with Gasteiger partial charge in [0.15, 0.2) is 0 Å². The predicted octanol–water partition coefficient (Wildman–Crippen LogP) is 3.84. The van der Waals surface area contributed by atoms with Crippen molar-refractivity contribution in [3.63, 3.8) is 0 Å². The highest BCUT2D eigenvalue weighted by Gasteiger charge is 2.39. The molecule has 1 heterocycles. The topological polar surface area (TPSA) is 75.3 Å². The van der Waals surface area contributed by atoms with E-state index < -0.39 is 15.4 Å². The van der Waals surface area contributed by atoms with E-state index in [0.29, 0.717) is 16.9 Å². The Morgan fingerprint density at radius 1 is 1.08 bits per heavy atom. The summed E-state index contributed by atoms with van der Waals surface area (Å²) in [6, 6.07) is 12.1. The van der Waals surface area contributed by atoms with Crippen LogP contribution in [0.25, 0.3) is 0 Å². The number of benzene rings is 2. The molecule has 0 bridgehead atoms. The van der Waals surface area contributed by atoms with E-state index in [1.165, 1.54) is 6.07 Å². The Labute approximate surface area is 148 Å². The number of rotatable bonds is 4. The van der Waals surface area contributed by atoms with Crippen molar-refractivity contribution in [3.05, 3.63) is 53.6 Å². The van der Waals surface area contributed by atoms with Gasteiger partial charge in [0.05, 0.1) is 16.0 Å². The van der Waals surface area contributed by atoms with Crippen LogP contribution in [0, 0.1) is 0 Å². The molecule has 1 amide bonds. The molecule has 0 spiro atoms. The highest BCUT2D eigenvalue weighted by Crippen LogP contribution is 2.38. The number of para-hydroxylation sites is 1. The van der Waals surface area contributed by atoms with Gasteiger partial charge < -0.3 is 5.32 Å². The molecule has 0 unspecified atom stereocenters. The number of hydrogen-bond acceptors (Lipinski definition) is 3. The molecule has 1 aliphatic heterocycles. The smallest absolute Gasteiger partial charge is 0.261 e. The van der Waals surface area contributed by atoms with Gasteiger partial charge in [0, 0.05) is 5.69 Å². The molecule has 0 atom stereocenters. The second-order valence-electron chi connectivity index (χ2n) is 7.13. The van der Waals surface area contributed by atoms with Gasteiger partial charge in [-0.15, -0.1) is 0 Å². The molecule has 0 radical (unpaired) electrons. The van der Waals surface area contributed by atoms with Crippen LogP contribution in [0.2, 0.25) is 0 Å². The fourth-order valence-electron chi connectivity index (χ4n) is 3.01. The first kappa shape index (κ1) is 17.5. The highest BCUT2D eigenvalue weighted by molar-refractivity contribution is 7.92. The van der Waals surface area contributed by atoms with Gasteiger partial charge in [-0.05, 0) is 55.2 Å². The van der Waals surface area contributed by atoms with Crippen LogP contribution in [0.1, 0.15) is 44.7 Å². The Morgan fingerprint density at radius 3 is 2.44 bits per heavy atom. The summed E-state index contributed by atoms with van der Waals surface area (Å²) < 4.78 is 28.4. The Bertz CT molecular complexity index is 947. The highest BCUT2D eigenvalue weighted by atomic mass is 32.2. The van der Waals surface area contributed by atoms with Crippen LogP contribution in [-0.2, 0) is 20.2 Å². The van der Waals surface area contributed by atoms with E-state index in [2.05, 4.69) is 10.0 Å². The van der Waals surface area contributed by atoms with Crippen molar-refractivity contribution in [1.29, 1.82) is 0 Å². The third kappa shape index (κ3) is 3.02. The SMILES string of the molecule is CC(C)c1ccccc1NS(=O)(=O)c1ccc2c(c1)C(C)(C)C(=O)N2. The maximum atomic E-state index is 12.9. The fourth-order valence-corrected chi connectivity index (χ4v) is 4.13. The van der Waals surface area contributed by atoms with E-state index in [1.54, 1.807) is 38.1 Å². The van der Waals surface area contributed by atoms with Crippen molar-refractivity contribution >= 4 is 27.3 Å². The predicted molar refractivity (Wildman–Crippen MR) is 99.4 cm³/mol. The second kappa shape index (κ2) is 5.88. The fraction of sp³-hybridized carbons (Fsp3) is 0.316. The van der Waals surface area contributed by atoms with Crippen LogP contribution in [-0.4, -0.2) is 14.3 Å². The standard InChI is InChI=1S/C19H22N2O3S/c1-12(2)14-7-5-6-8-16(14)21-25(23,24)13-9-10-17-15(11-13)19(3,4)18(22)20-17/h5-12,21H,1-4H3,(H,20,22). The molecule has 3 rings (SSSR count). The third-order valence-corrected chi connectivity index (χ3v) is 5.98. The minimum Gasteiger partial charge on any atom is -0.325 e. The van der Waals surface area contributed by atoms with Crippen LogP contribution in [0.15, 0.2) is 47.4 Å². The van der Waals surface area contributed by atoms with Crippen LogP contribution in [0.4, 0.5) is 11.4 Å². The second-order valence-corrected chi connectivity index (χ2v) is 8.82. The number of sulfonamides is 1. The Kier molecular flexibility index (Phi) is 4.11. The van der Waals surface area contributed by atoms with Crippen LogP contribution in [0.5, 0.6) is 0 Å². The maximum Gasteiger partial charge on any atom is 0.261 e. The first-order chi connectivity index (χ1) is 11.6. The summed E-state index contributed by atoms with van der Waals surface area (Å²) in [5, 5.41) is 2.79. The van der Waals surface area contributed by atoms with Crippen LogP contribution in [0.3, 0.4) is 0 Å². The molecule has 25 heavy (non-hydrogen) atoms. The third-order valence-electron chi connectivity index (χ3n) is 4.62. The number of fused-ring (bicyclic) bond motifs is 1. The largest absolute Gasteiger partial charge is 0.325 e. The molecule has 0 aliphatic carbocycles. The molecule has 5 nitrogen and oxygen atoms in total. The van der Waals surface area contributed by atoms with Gasteiger partial charge in [-0.1, -0.05) is 32.0 Å². The lowest BCUT2D eigenvalue weighted by molar-refractivity contribution is -0.119. The number of carbonyl (C=O) groups excluding carboxylic acids is 1. The molecule has 0 aromatic heterocycles. The zero-order valence-electron chi connectivity index (χ0n) is 14.8. The normalized spacial score (nSPS) is 15.8. The average Bonchev–Trinajstić information content (AvgIpc) is 2.76. The van der Waals surface area contributed by atoms with Gasteiger partial charge in [-0.25, -0.2) is 8.42 Å². The lowest BCUT2D eigenvalue weighted by Gasteiger charge is -2.17. The summed E-state index contributed by atoms with van der Waals surface area (Å²) in [5.41, 5.74) is 2.11. The molecule has 6 heteroatoms. The number of hydrogen-bond donors (Lipinski definition) is 2. The van der Waals surface area contributed by atoms with E-state index in [-0.39, 0.29) is 16.7 Å². The van der Waals surface area contributed by atoms with Gasteiger partial charge in [-0.2, -0.15) is 0 Å². The van der Waals surface area contributed by atoms with Crippen LogP contribution < -0.4 is 10.0 Å². The Hall–Kier alpha value is -2.34. The molecular weight excluding hydrogens is 336 g/mol. The van der Waals surface area contributed by atoms with Crippen molar-refractivity contribution in [2.45, 2.75) is 43.9 Å². The summed E-state index contributed by atoms with van der Waals surface area (Å²) >= 11 is 0. The number of anilines is 2. The lowest BCUT2D eigenvalue weighted by Crippen LogP contribution is -2.27. The van der Waals surface area contributed by atoms with Crippen molar-refractivity contribution in [3.8, 4) is 0 Å². The summed E-state index contributed by atoms with van der Waals surface area (Å²) in [6.07, 6.45) is 0. The molecule has 2 aromatic carbocycles. The van der Waals surface area contributed by atoms with E-state index in [9.17, 15) is 13.2 Å². The molecule has 1 aliphatic rings. The minimum atomic E-state index is -3.75. The summed E-state index contributed by atoms with van der Waals surface area (Å²) in [6.45, 7) is 7.60. The number of amides is 1. The van der Waals surface area contributed by atoms with Crippen molar-refractivity contribution in [2.75, 3.05) is 10.0 Å². The van der Waals surface area contributed by atoms with Gasteiger partial charge >= 0.3 is 0 Å². The van der Waals surface area contributed by atoms with Crippen molar-refractivity contribution < 1.29 is 13.2 Å². The summed E-state index contributed by atoms with van der Waals surface area (Å²) in [5.74, 6) is 0.0647. The summed E-state index contributed by atoms with van der Waals surface area (Å²) in [7, 11) is -3.75. The average molecular weight is 358 g/mol. The van der Waals surface area contributed by atoms with Crippen LogP contribution >= 0.6 is 0 Å². The van der Waals surface area contributed by atoms with E-state index in [0.717, 1.165) is 5.56 Å². The number of nitrogens with one attached hydrogen (secondary N) is 2. The van der Waals surface area contributed by atoms with Gasteiger partial charge in [0.25, 0.3) is 10.0 Å². The maximum absolute atomic E-state index is 12.9. The first-order valence-corrected chi connectivity index (χ1v) is 9.69. The monoisotopic (exact) mass is 358 g/mol. The Balaban J connectivity index is 2.01. The minimum absolute atomic E-state index is 0.129. The van der Waals surface area contributed by atoms with Gasteiger partial charge in [0.2, 0.25) is 5.91 Å².